The minimum Gasteiger partial charge on any atom is -0.310 e. The number of thiophene rings is 1. The smallest absolute Gasteiger partial charge is 0.107 e. The first-order chi connectivity index (χ1) is 10.3. The number of thiazole rings is 1. The van der Waals surface area contributed by atoms with Crippen LogP contribution in [0.1, 0.15) is 15.6 Å². The van der Waals surface area contributed by atoms with Crippen molar-refractivity contribution in [2.45, 2.75) is 19.9 Å². The van der Waals surface area contributed by atoms with Gasteiger partial charge in [-0.15, -0.1) is 22.7 Å². The monoisotopic (exact) mass is 315 g/mol. The Kier molecular flexibility index (Phi) is 4.75. The predicted octanol–water partition coefficient (Wildman–Crippen LogP) is 3.91. The summed E-state index contributed by atoms with van der Waals surface area (Å²) in [4.78, 5) is 12.7. The van der Waals surface area contributed by atoms with Gasteiger partial charge in [-0.1, -0.05) is 6.07 Å². The molecule has 0 bridgehead atoms. The van der Waals surface area contributed by atoms with Crippen molar-refractivity contribution < 1.29 is 0 Å². The molecule has 3 aromatic heterocycles. The lowest BCUT2D eigenvalue weighted by Crippen LogP contribution is -2.16. The third kappa shape index (κ3) is 3.97. The van der Waals surface area contributed by atoms with Gasteiger partial charge in [0.2, 0.25) is 0 Å². The van der Waals surface area contributed by atoms with Crippen LogP contribution in [0.5, 0.6) is 0 Å². The average Bonchev–Trinajstić information content (AvgIpc) is 3.13. The highest BCUT2D eigenvalue weighted by atomic mass is 32.1. The number of nitrogens with one attached hydrogen (secondary N) is 1. The molecule has 0 aliphatic rings. The van der Waals surface area contributed by atoms with Crippen molar-refractivity contribution >= 4 is 22.7 Å². The van der Waals surface area contributed by atoms with Crippen LogP contribution < -0.4 is 5.32 Å². The summed E-state index contributed by atoms with van der Waals surface area (Å²) >= 11 is 3.59. The van der Waals surface area contributed by atoms with Crippen molar-refractivity contribution in [3.05, 3.63) is 58.3 Å². The largest absolute Gasteiger partial charge is 0.310 e. The molecule has 3 aromatic rings. The number of hydrogen-bond donors (Lipinski definition) is 1. The van der Waals surface area contributed by atoms with Crippen molar-refractivity contribution in [3.63, 3.8) is 0 Å². The van der Waals surface area contributed by atoms with Crippen molar-refractivity contribution in [1.29, 1.82) is 0 Å². The molecule has 0 atom stereocenters. The van der Waals surface area contributed by atoms with E-state index in [1.54, 1.807) is 11.3 Å². The summed E-state index contributed by atoms with van der Waals surface area (Å²) < 4.78 is 0. The van der Waals surface area contributed by atoms with Gasteiger partial charge in [0.05, 0.1) is 4.88 Å². The molecule has 1 N–H and O–H groups in total. The van der Waals surface area contributed by atoms with Crippen molar-refractivity contribution in [2.24, 2.45) is 0 Å². The Balaban J connectivity index is 1.49. The molecular weight excluding hydrogens is 298 g/mol. The Bertz CT molecular complexity index is 688. The zero-order valence-electron chi connectivity index (χ0n) is 11.9. The van der Waals surface area contributed by atoms with E-state index >= 15 is 0 Å². The fraction of sp³-hybridized carbons (Fsp3) is 0.250. The summed E-state index contributed by atoms with van der Waals surface area (Å²) in [6, 6.07) is 10.4. The maximum atomic E-state index is 4.49. The number of nitrogens with zero attached hydrogens (tertiary/aromatic N) is 2. The molecule has 0 unspecified atom stereocenters. The molecule has 0 radical (unpaired) electrons. The van der Waals surface area contributed by atoms with Gasteiger partial charge in [0.15, 0.2) is 0 Å². The van der Waals surface area contributed by atoms with Crippen LogP contribution in [-0.2, 0) is 13.0 Å². The third-order valence-electron chi connectivity index (χ3n) is 3.10. The maximum Gasteiger partial charge on any atom is 0.107 e. The lowest BCUT2D eigenvalue weighted by Gasteiger charge is -2.01. The van der Waals surface area contributed by atoms with E-state index < -0.39 is 0 Å². The molecule has 0 aliphatic heterocycles. The van der Waals surface area contributed by atoms with E-state index in [1.165, 1.54) is 14.6 Å². The molecule has 3 heterocycles. The van der Waals surface area contributed by atoms with Gasteiger partial charge >= 0.3 is 0 Å². The first kappa shape index (κ1) is 14.4. The Morgan fingerprint density at radius 1 is 1.05 bits per heavy atom. The fourth-order valence-corrected chi connectivity index (χ4v) is 3.86. The number of pyridine rings is 1. The van der Waals surface area contributed by atoms with E-state index in [-0.39, 0.29) is 0 Å². The zero-order chi connectivity index (χ0) is 14.5. The first-order valence-corrected chi connectivity index (χ1v) is 8.57. The van der Waals surface area contributed by atoms with Crippen LogP contribution in [0.25, 0.3) is 9.75 Å². The number of aromatic nitrogens is 2. The summed E-state index contributed by atoms with van der Waals surface area (Å²) in [6.45, 7) is 3.88. The van der Waals surface area contributed by atoms with Crippen LogP contribution in [0.3, 0.4) is 0 Å². The van der Waals surface area contributed by atoms with E-state index in [2.05, 4.69) is 40.4 Å². The number of hydrogen-bond acceptors (Lipinski definition) is 5. The van der Waals surface area contributed by atoms with Crippen molar-refractivity contribution in [1.82, 2.24) is 15.3 Å². The second kappa shape index (κ2) is 6.93. The van der Waals surface area contributed by atoms with E-state index in [1.807, 2.05) is 35.9 Å². The second-order valence-electron chi connectivity index (χ2n) is 4.78. The van der Waals surface area contributed by atoms with Crippen LogP contribution >= 0.6 is 22.7 Å². The molecule has 0 saturated heterocycles. The highest BCUT2D eigenvalue weighted by Crippen LogP contribution is 2.31. The molecule has 3 rings (SSSR count). The summed E-state index contributed by atoms with van der Waals surface area (Å²) in [7, 11) is 0. The van der Waals surface area contributed by atoms with Gasteiger partial charge < -0.3 is 5.32 Å². The molecule has 108 valence electrons. The van der Waals surface area contributed by atoms with Gasteiger partial charge in [0.1, 0.15) is 5.01 Å². The first-order valence-electron chi connectivity index (χ1n) is 6.93. The van der Waals surface area contributed by atoms with Gasteiger partial charge in [-0.3, -0.25) is 4.98 Å². The lowest BCUT2D eigenvalue weighted by molar-refractivity contribution is 0.677. The summed E-state index contributed by atoms with van der Waals surface area (Å²) in [5, 5.41) is 4.57. The molecule has 0 fully saturated rings. The lowest BCUT2D eigenvalue weighted by atomic mass is 10.3. The van der Waals surface area contributed by atoms with Crippen molar-refractivity contribution in [3.8, 4) is 9.75 Å². The van der Waals surface area contributed by atoms with Gasteiger partial charge in [-0.2, -0.15) is 0 Å². The van der Waals surface area contributed by atoms with Crippen LogP contribution in [0.2, 0.25) is 0 Å². The zero-order valence-corrected chi connectivity index (χ0v) is 13.5. The van der Waals surface area contributed by atoms with E-state index in [9.17, 15) is 0 Å². The maximum absolute atomic E-state index is 4.49. The molecule has 5 heteroatoms. The van der Waals surface area contributed by atoms with Crippen molar-refractivity contribution in [2.75, 3.05) is 6.54 Å². The highest BCUT2D eigenvalue weighted by Gasteiger charge is 2.06. The van der Waals surface area contributed by atoms with Crippen LogP contribution in [0.4, 0.5) is 0 Å². The van der Waals surface area contributed by atoms with Gasteiger partial charge in [-0.05, 0) is 31.2 Å². The van der Waals surface area contributed by atoms with Gasteiger partial charge in [0, 0.05) is 47.4 Å². The molecule has 0 aliphatic carbocycles. The molecular formula is C16H17N3S2. The quantitative estimate of drug-likeness (QED) is 0.701. The molecule has 21 heavy (non-hydrogen) atoms. The fourth-order valence-electron chi connectivity index (χ4n) is 2.03. The second-order valence-corrected chi connectivity index (χ2v) is 7.18. The van der Waals surface area contributed by atoms with Crippen LogP contribution in [-0.4, -0.2) is 16.5 Å². The Hall–Kier alpha value is -1.56. The van der Waals surface area contributed by atoms with E-state index in [4.69, 9.17) is 0 Å². The SMILES string of the molecule is Cc1ccc(-c2cnc(CNCCc3ccccn3)s2)s1. The van der Waals surface area contributed by atoms with Gasteiger partial charge in [-0.25, -0.2) is 4.98 Å². The third-order valence-corrected chi connectivity index (χ3v) is 5.29. The molecule has 0 aromatic carbocycles. The summed E-state index contributed by atoms with van der Waals surface area (Å²) in [6.07, 6.45) is 4.76. The average molecular weight is 315 g/mol. The topological polar surface area (TPSA) is 37.8 Å². The number of rotatable bonds is 6. The van der Waals surface area contributed by atoms with E-state index in [0.717, 1.165) is 30.2 Å². The number of aryl methyl sites for hydroxylation is 1. The van der Waals surface area contributed by atoms with Crippen LogP contribution in [0.15, 0.2) is 42.7 Å². The highest BCUT2D eigenvalue weighted by molar-refractivity contribution is 7.21. The molecule has 0 spiro atoms. The standard InChI is InChI=1S/C16H17N3S2/c1-12-5-6-14(20-12)15-10-19-16(21-15)11-17-9-7-13-4-2-3-8-18-13/h2-6,8,10,17H,7,9,11H2,1H3. The minimum atomic E-state index is 0.821. The Morgan fingerprint density at radius 3 is 2.76 bits per heavy atom. The Labute approximate surface area is 132 Å². The predicted molar refractivity (Wildman–Crippen MR) is 89.8 cm³/mol. The molecule has 0 amide bonds. The molecule has 0 saturated carbocycles. The normalized spacial score (nSPS) is 10.9. The minimum absolute atomic E-state index is 0.821. The molecule has 3 nitrogen and oxygen atoms in total. The van der Waals surface area contributed by atoms with Crippen LogP contribution in [0, 0.1) is 6.92 Å². The Morgan fingerprint density at radius 2 is 2.00 bits per heavy atom. The van der Waals surface area contributed by atoms with Gasteiger partial charge in [0.25, 0.3) is 0 Å². The summed E-state index contributed by atoms with van der Waals surface area (Å²) in [5.74, 6) is 0. The van der Waals surface area contributed by atoms with E-state index in [0.29, 0.717) is 0 Å². The summed E-state index contributed by atoms with van der Waals surface area (Å²) in [5.41, 5.74) is 1.12.